The van der Waals surface area contributed by atoms with Crippen LogP contribution in [-0.2, 0) is 10.0 Å². The zero-order valence-electron chi connectivity index (χ0n) is 15.4. The maximum absolute atomic E-state index is 12.9. The molecule has 1 aliphatic heterocycles. The van der Waals surface area contributed by atoms with Gasteiger partial charge in [0.15, 0.2) is 0 Å². The van der Waals surface area contributed by atoms with E-state index in [4.69, 9.17) is 9.47 Å². The lowest BCUT2D eigenvalue weighted by atomic mass is 10.2. The lowest BCUT2D eigenvalue weighted by molar-refractivity contribution is 0.197. The van der Waals surface area contributed by atoms with E-state index in [2.05, 4.69) is 9.97 Å². The highest BCUT2D eigenvalue weighted by molar-refractivity contribution is 7.89. The molecule has 1 aromatic carbocycles. The van der Waals surface area contributed by atoms with Gasteiger partial charge in [0, 0.05) is 17.9 Å². The van der Waals surface area contributed by atoms with Gasteiger partial charge in [0.05, 0.1) is 18.6 Å². The van der Waals surface area contributed by atoms with Gasteiger partial charge in [0.1, 0.15) is 11.9 Å². The third-order valence-corrected chi connectivity index (χ3v) is 6.21. The summed E-state index contributed by atoms with van der Waals surface area (Å²) in [6.45, 7) is 6.26. The van der Waals surface area contributed by atoms with Gasteiger partial charge in [-0.1, -0.05) is 0 Å². The van der Waals surface area contributed by atoms with Crippen molar-refractivity contribution in [3.63, 3.8) is 0 Å². The van der Waals surface area contributed by atoms with Gasteiger partial charge in [-0.2, -0.15) is 4.31 Å². The van der Waals surface area contributed by atoms with Crippen LogP contribution >= 0.6 is 0 Å². The Morgan fingerprint density at radius 1 is 1.12 bits per heavy atom. The second kappa shape index (κ2) is 7.20. The first-order valence-electron chi connectivity index (χ1n) is 8.43. The normalized spacial score (nSPS) is 18.1. The van der Waals surface area contributed by atoms with E-state index in [1.54, 1.807) is 25.3 Å². The SMILES string of the molecule is COc1ccc(S(=O)(=O)N2CCC(Oc3nc(C)cc(C)n3)C2)cc1C. The van der Waals surface area contributed by atoms with Gasteiger partial charge < -0.3 is 9.47 Å². The molecule has 26 heavy (non-hydrogen) atoms. The number of aryl methyl sites for hydroxylation is 3. The van der Waals surface area contributed by atoms with Crippen molar-refractivity contribution in [1.29, 1.82) is 0 Å². The van der Waals surface area contributed by atoms with Gasteiger partial charge in [-0.05, 0) is 57.0 Å². The largest absolute Gasteiger partial charge is 0.496 e. The van der Waals surface area contributed by atoms with E-state index < -0.39 is 10.0 Å². The number of nitrogens with zero attached hydrogens (tertiary/aromatic N) is 3. The Balaban J connectivity index is 1.74. The molecule has 0 radical (unpaired) electrons. The molecule has 0 saturated carbocycles. The van der Waals surface area contributed by atoms with Crippen LogP contribution in [0.1, 0.15) is 23.4 Å². The van der Waals surface area contributed by atoms with Crippen LogP contribution in [-0.4, -0.2) is 49.0 Å². The van der Waals surface area contributed by atoms with Crippen molar-refractivity contribution in [2.45, 2.75) is 38.2 Å². The molecule has 8 heteroatoms. The maximum Gasteiger partial charge on any atom is 0.317 e. The van der Waals surface area contributed by atoms with Crippen molar-refractivity contribution in [2.24, 2.45) is 0 Å². The molecule has 140 valence electrons. The molecule has 1 unspecified atom stereocenters. The van der Waals surface area contributed by atoms with Crippen molar-refractivity contribution in [3.8, 4) is 11.8 Å². The van der Waals surface area contributed by atoms with Crippen LogP contribution in [0.2, 0.25) is 0 Å². The minimum Gasteiger partial charge on any atom is -0.496 e. The summed E-state index contributed by atoms with van der Waals surface area (Å²) in [6.07, 6.45) is 0.343. The van der Waals surface area contributed by atoms with Crippen molar-refractivity contribution >= 4 is 10.0 Å². The van der Waals surface area contributed by atoms with Gasteiger partial charge >= 0.3 is 6.01 Å². The molecule has 1 atom stereocenters. The third-order valence-electron chi connectivity index (χ3n) is 4.35. The molecular weight excluding hydrogens is 354 g/mol. The van der Waals surface area contributed by atoms with Gasteiger partial charge in [0.25, 0.3) is 0 Å². The van der Waals surface area contributed by atoms with Gasteiger partial charge in [0.2, 0.25) is 10.0 Å². The average molecular weight is 377 g/mol. The molecule has 2 aromatic rings. The standard InChI is InChI=1S/C18H23N3O4S/c1-12-9-16(5-6-17(12)24-4)26(22,23)21-8-7-15(11-21)25-18-19-13(2)10-14(3)20-18/h5-6,9-10,15H,7-8,11H2,1-4H3. The number of benzene rings is 1. The topological polar surface area (TPSA) is 81.6 Å². The van der Waals surface area contributed by atoms with Crippen molar-refractivity contribution < 1.29 is 17.9 Å². The highest BCUT2D eigenvalue weighted by Crippen LogP contribution is 2.27. The zero-order chi connectivity index (χ0) is 18.9. The third kappa shape index (κ3) is 3.81. The Morgan fingerprint density at radius 3 is 2.42 bits per heavy atom. The summed E-state index contributed by atoms with van der Waals surface area (Å²) in [6, 6.07) is 7.05. The van der Waals surface area contributed by atoms with Crippen LogP contribution in [0, 0.1) is 20.8 Å². The number of methoxy groups -OCH3 is 1. The van der Waals surface area contributed by atoms with Crippen molar-refractivity contribution in [2.75, 3.05) is 20.2 Å². The second-order valence-electron chi connectivity index (χ2n) is 6.46. The number of hydrogen-bond acceptors (Lipinski definition) is 6. The fraction of sp³-hybridized carbons (Fsp3) is 0.444. The number of ether oxygens (including phenoxy) is 2. The van der Waals surface area contributed by atoms with E-state index in [1.807, 2.05) is 26.8 Å². The van der Waals surface area contributed by atoms with Crippen LogP contribution in [0.15, 0.2) is 29.2 Å². The molecule has 3 rings (SSSR count). The minimum absolute atomic E-state index is 0.259. The summed E-state index contributed by atoms with van der Waals surface area (Å²) >= 11 is 0. The first kappa shape index (κ1) is 18.6. The smallest absolute Gasteiger partial charge is 0.317 e. The summed E-state index contributed by atoms with van der Waals surface area (Å²) in [5.74, 6) is 0.665. The molecule has 0 amide bonds. The van der Waals surface area contributed by atoms with Crippen LogP contribution in [0.5, 0.6) is 11.8 Å². The molecule has 0 spiro atoms. The molecule has 1 fully saturated rings. The van der Waals surface area contributed by atoms with Crippen molar-refractivity contribution in [3.05, 3.63) is 41.2 Å². The first-order chi connectivity index (χ1) is 12.3. The number of hydrogen-bond donors (Lipinski definition) is 0. The molecule has 1 aromatic heterocycles. The lowest BCUT2D eigenvalue weighted by Gasteiger charge is -2.17. The molecule has 1 aliphatic rings. The highest BCUT2D eigenvalue weighted by atomic mass is 32.2. The van der Waals surface area contributed by atoms with E-state index in [0.29, 0.717) is 24.7 Å². The highest BCUT2D eigenvalue weighted by Gasteiger charge is 2.34. The summed E-state index contributed by atoms with van der Waals surface area (Å²) in [4.78, 5) is 8.78. The number of sulfonamides is 1. The summed E-state index contributed by atoms with van der Waals surface area (Å²) in [5, 5.41) is 0. The molecule has 0 N–H and O–H groups in total. The quantitative estimate of drug-likeness (QED) is 0.795. The fourth-order valence-corrected chi connectivity index (χ4v) is 4.64. The summed E-state index contributed by atoms with van der Waals surface area (Å²) < 4.78 is 38.2. The van der Waals surface area contributed by atoms with E-state index in [-0.39, 0.29) is 17.5 Å². The molecule has 0 aliphatic carbocycles. The summed E-state index contributed by atoms with van der Waals surface area (Å²) in [5.41, 5.74) is 2.43. The first-order valence-corrected chi connectivity index (χ1v) is 9.87. The maximum atomic E-state index is 12.9. The molecule has 0 bridgehead atoms. The van der Waals surface area contributed by atoms with Crippen LogP contribution in [0.3, 0.4) is 0 Å². The van der Waals surface area contributed by atoms with E-state index in [9.17, 15) is 8.42 Å². The lowest BCUT2D eigenvalue weighted by Crippen LogP contribution is -2.31. The van der Waals surface area contributed by atoms with E-state index in [1.165, 1.54) is 4.31 Å². The summed E-state index contributed by atoms with van der Waals surface area (Å²) in [7, 11) is -2.01. The van der Waals surface area contributed by atoms with Gasteiger partial charge in [-0.15, -0.1) is 0 Å². The molecule has 1 saturated heterocycles. The predicted molar refractivity (Wildman–Crippen MR) is 97.0 cm³/mol. The second-order valence-corrected chi connectivity index (χ2v) is 8.39. The Kier molecular flexibility index (Phi) is 5.15. The van der Waals surface area contributed by atoms with Crippen molar-refractivity contribution in [1.82, 2.24) is 14.3 Å². The Labute approximate surface area is 154 Å². The monoisotopic (exact) mass is 377 g/mol. The van der Waals surface area contributed by atoms with Crippen LogP contribution in [0.4, 0.5) is 0 Å². The minimum atomic E-state index is -3.57. The van der Waals surface area contributed by atoms with Crippen LogP contribution < -0.4 is 9.47 Å². The Hall–Kier alpha value is -2.19. The molecule has 7 nitrogen and oxygen atoms in total. The molecule has 2 heterocycles. The Morgan fingerprint density at radius 2 is 1.81 bits per heavy atom. The number of aromatic nitrogens is 2. The van der Waals surface area contributed by atoms with Gasteiger partial charge in [-0.3, -0.25) is 0 Å². The fourth-order valence-electron chi connectivity index (χ4n) is 3.07. The van der Waals surface area contributed by atoms with Gasteiger partial charge in [-0.25, -0.2) is 18.4 Å². The van der Waals surface area contributed by atoms with E-state index in [0.717, 1.165) is 17.0 Å². The van der Waals surface area contributed by atoms with Crippen LogP contribution in [0.25, 0.3) is 0 Å². The Bertz CT molecular complexity index is 894. The average Bonchev–Trinajstić information content (AvgIpc) is 3.03. The zero-order valence-corrected chi connectivity index (χ0v) is 16.2. The predicted octanol–water partition coefficient (Wildman–Crippen LogP) is 2.25. The number of rotatable bonds is 5. The molecular formula is C18H23N3O4S. The van der Waals surface area contributed by atoms with E-state index >= 15 is 0 Å².